The van der Waals surface area contributed by atoms with Crippen molar-refractivity contribution in [3.8, 4) is 5.75 Å². The normalized spacial score (nSPS) is 10.9. The van der Waals surface area contributed by atoms with Crippen LogP contribution >= 0.6 is 0 Å². The number of sulfonamides is 1. The molecule has 2 rings (SSSR count). The standard InChI is InChI=1S/C19H24N4O6S/c1-21(15-7-5-4-6-8-15)12-11-20-19(24)14-22(30(3,27)28)17-13-16(23(25)26)9-10-18(17)29-2/h4-10,13H,11-12,14H2,1-3H3,(H,20,24). The Morgan fingerprint density at radius 2 is 1.87 bits per heavy atom. The summed E-state index contributed by atoms with van der Waals surface area (Å²) in [6, 6.07) is 13.1. The number of hydrogen-bond acceptors (Lipinski definition) is 7. The van der Waals surface area contributed by atoms with Crippen LogP contribution in [0.5, 0.6) is 5.75 Å². The van der Waals surface area contributed by atoms with Crippen LogP contribution in [0, 0.1) is 10.1 Å². The van der Waals surface area contributed by atoms with Crippen LogP contribution in [0.2, 0.25) is 0 Å². The van der Waals surface area contributed by atoms with Crippen LogP contribution in [0.15, 0.2) is 48.5 Å². The summed E-state index contributed by atoms with van der Waals surface area (Å²) in [5.41, 5.74) is 0.584. The number of likely N-dealkylation sites (N-methyl/N-ethyl adjacent to an activating group) is 1. The largest absolute Gasteiger partial charge is 0.495 e. The third-order valence-electron chi connectivity index (χ3n) is 4.30. The fourth-order valence-electron chi connectivity index (χ4n) is 2.73. The molecule has 2 aromatic rings. The number of benzene rings is 2. The molecular formula is C19H24N4O6S. The van der Waals surface area contributed by atoms with Crippen LogP contribution in [0.3, 0.4) is 0 Å². The summed E-state index contributed by atoms with van der Waals surface area (Å²) in [5.74, 6) is -0.446. The number of amides is 1. The molecule has 162 valence electrons. The first-order chi connectivity index (χ1) is 14.1. The van der Waals surface area contributed by atoms with Crippen LogP contribution in [-0.2, 0) is 14.8 Å². The van der Waals surface area contributed by atoms with Crippen molar-refractivity contribution < 1.29 is 22.9 Å². The lowest BCUT2D eigenvalue weighted by atomic mass is 10.2. The molecule has 0 saturated carbocycles. The van der Waals surface area contributed by atoms with Gasteiger partial charge < -0.3 is 15.0 Å². The van der Waals surface area contributed by atoms with Gasteiger partial charge in [0.2, 0.25) is 15.9 Å². The zero-order valence-electron chi connectivity index (χ0n) is 16.9. The predicted octanol–water partition coefficient (Wildman–Crippen LogP) is 1.62. The Kier molecular flexibility index (Phi) is 7.59. The summed E-state index contributed by atoms with van der Waals surface area (Å²) in [6.45, 7) is 0.258. The van der Waals surface area contributed by atoms with Gasteiger partial charge in [0.05, 0.1) is 18.3 Å². The summed E-state index contributed by atoms with van der Waals surface area (Å²) in [4.78, 5) is 24.8. The van der Waals surface area contributed by atoms with Crippen molar-refractivity contribution in [2.75, 3.05) is 49.3 Å². The minimum Gasteiger partial charge on any atom is -0.495 e. The van der Waals surface area contributed by atoms with Crippen LogP contribution in [0.4, 0.5) is 17.1 Å². The highest BCUT2D eigenvalue weighted by Gasteiger charge is 2.26. The van der Waals surface area contributed by atoms with Gasteiger partial charge in [-0.15, -0.1) is 0 Å². The van der Waals surface area contributed by atoms with Crippen molar-refractivity contribution in [2.45, 2.75) is 0 Å². The van der Waals surface area contributed by atoms with Crippen molar-refractivity contribution in [1.29, 1.82) is 0 Å². The van der Waals surface area contributed by atoms with Crippen LogP contribution < -0.4 is 19.3 Å². The third kappa shape index (κ3) is 6.08. The summed E-state index contributed by atoms with van der Waals surface area (Å²) in [6.07, 6.45) is 0.918. The van der Waals surface area contributed by atoms with Crippen molar-refractivity contribution in [2.24, 2.45) is 0 Å². The second-order valence-electron chi connectivity index (χ2n) is 6.49. The van der Waals surface area contributed by atoms with Crippen molar-refractivity contribution in [3.63, 3.8) is 0 Å². The maximum atomic E-state index is 12.4. The number of carbonyl (C=O) groups excluding carboxylic acids is 1. The van der Waals surface area contributed by atoms with Crippen molar-refractivity contribution in [3.05, 3.63) is 58.6 Å². The highest BCUT2D eigenvalue weighted by molar-refractivity contribution is 7.92. The number of rotatable bonds is 10. The highest BCUT2D eigenvalue weighted by atomic mass is 32.2. The Morgan fingerprint density at radius 1 is 1.20 bits per heavy atom. The van der Waals surface area contributed by atoms with Gasteiger partial charge in [-0.05, 0) is 18.2 Å². The summed E-state index contributed by atoms with van der Waals surface area (Å²) < 4.78 is 30.5. The molecule has 0 aliphatic heterocycles. The average molecular weight is 436 g/mol. The van der Waals surface area contributed by atoms with Gasteiger partial charge in [-0.25, -0.2) is 8.42 Å². The number of para-hydroxylation sites is 1. The van der Waals surface area contributed by atoms with Crippen LogP contribution in [0.25, 0.3) is 0 Å². The van der Waals surface area contributed by atoms with Gasteiger partial charge in [-0.2, -0.15) is 0 Å². The number of nitro groups is 1. The van der Waals surface area contributed by atoms with Gasteiger partial charge in [0.1, 0.15) is 18.0 Å². The van der Waals surface area contributed by atoms with E-state index in [1.807, 2.05) is 42.3 Å². The molecule has 0 atom stereocenters. The fraction of sp³-hybridized carbons (Fsp3) is 0.316. The maximum Gasteiger partial charge on any atom is 0.271 e. The topological polar surface area (TPSA) is 122 Å². The van der Waals surface area contributed by atoms with Gasteiger partial charge in [0.15, 0.2) is 0 Å². The number of carbonyl (C=O) groups is 1. The Hall–Kier alpha value is -3.34. The average Bonchev–Trinajstić information content (AvgIpc) is 2.71. The molecule has 0 bridgehead atoms. The van der Waals surface area contributed by atoms with E-state index in [0.29, 0.717) is 6.54 Å². The van der Waals surface area contributed by atoms with E-state index in [1.54, 1.807) is 0 Å². The number of nitrogens with zero attached hydrogens (tertiary/aromatic N) is 3. The van der Waals surface area contributed by atoms with E-state index in [4.69, 9.17) is 4.74 Å². The number of nitro benzene ring substituents is 1. The quantitative estimate of drug-likeness (QED) is 0.444. The molecule has 0 aliphatic rings. The van der Waals surface area contributed by atoms with E-state index in [1.165, 1.54) is 19.2 Å². The first-order valence-electron chi connectivity index (χ1n) is 8.96. The maximum absolute atomic E-state index is 12.4. The number of anilines is 2. The first-order valence-corrected chi connectivity index (χ1v) is 10.8. The van der Waals surface area contributed by atoms with E-state index < -0.39 is 27.4 Å². The van der Waals surface area contributed by atoms with Gasteiger partial charge in [0.25, 0.3) is 5.69 Å². The van der Waals surface area contributed by atoms with Crippen molar-refractivity contribution >= 4 is 33.0 Å². The zero-order chi connectivity index (χ0) is 22.3. The number of hydrogen-bond donors (Lipinski definition) is 1. The van der Waals surface area contributed by atoms with E-state index in [-0.39, 0.29) is 23.7 Å². The van der Waals surface area contributed by atoms with E-state index in [0.717, 1.165) is 22.3 Å². The third-order valence-corrected chi connectivity index (χ3v) is 5.42. The number of non-ortho nitro benzene ring substituents is 1. The van der Waals surface area contributed by atoms with Gasteiger partial charge in [-0.1, -0.05) is 18.2 Å². The van der Waals surface area contributed by atoms with Crippen LogP contribution in [-0.4, -0.2) is 59.3 Å². The van der Waals surface area contributed by atoms with E-state index >= 15 is 0 Å². The lowest BCUT2D eigenvalue weighted by Crippen LogP contribution is -2.42. The van der Waals surface area contributed by atoms with E-state index in [9.17, 15) is 23.3 Å². The molecule has 1 amide bonds. The molecule has 10 nitrogen and oxygen atoms in total. The number of methoxy groups -OCH3 is 1. The molecule has 0 aliphatic carbocycles. The zero-order valence-corrected chi connectivity index (χ0v) is 17.8. The lowest BCUT2D eigenvalue weighted by molar-refractivity contribution is -0.384. The second-order valence-corrected chi connectivity index (χ2v) is 8.40. The summed E-state index contributed by atoms with van der Waals surface area (Å²) in [5, 5.41) is 13.8. The molecule has 30 heavy (non-hydrogen) atoms. The molecule has 11 heteroatoms. The monoisotopic (exact) mass is 436 g/mol. The smallest absolute Gasteiger partial charge is 0.271 e. The summed E-state index contributed by atoms with van der Waals surface area (Å²) in [7, 11) is -0.730. The molecular weight excluding hydrogens is 412 g/mol. The van der Waals surface area contributed by atoms with Gasteiger partial charge in [-0.3, -0.25) is 19.2 Å². The Bertz CT molecular complexity index is 997. The Morgan fingerprint density at radius 3 is 2.43 bits per heavy atom. The Labute approximate surface area is 175 Å². The Balaban J connectivity index is 2.11. The molecule has 0 fully saturated rings. The molecule has 0 unspecified atom stereocenters. The molecule has 0 saturated heterocycles. The highest BCUT2D eigenvalue weighted by Crippen LogP contribution is 2.33. The molecule has 0 radical (unpaired) electrons. The molecule has 2 aromatic carbocycles. The molecule has 0 aromatic heterocycles. The predicted molar refractivity (Wildman–Crippen MR) is 115 cm³/mol. The van der Waals surface area contributed by atoms with E-state index in [2.05, 4.69) is 5.32 Å². The molecule has 0 spiro atoms. The van der Waals surface area contributed by atoms with Gasteiger partial charge >= 0.3 is 0 Å². The molecule has 0 heterocycles. The SMILES string of the molecule is COc1ccc([N+](=O)[O-])cc1N(CC(=O)NCCN(C)c1ccccc1)S(C)(=O)=O. The first kappa shape index (κ1) is 22.9. The van der Waals surface area contributed by atoms with Crippen LogP contribution in [0.1, 0.15) is 0 Å². The van der Waals surface area contributed by atoms with Crippen molar-refractivity contribution in [1.82, 2.24) is 5.32 Å². The second kappa shape index (κ2) is 9.92. The number of nitrogens with one attached hydrogen (secondary N) is 1. The van der Waals surface area contributed by atoms with Gasteiger partial charge in [0, 0.05) is 38.0 Å². The molecule has 1 N–H and O–H groups in total. The summed E-state index contributed by atoms with van der Waals surface area (Å²) >= 11 is 0. The number of ether oxygens (including phenoxy) is 1. The minimum absolute atomic E-state index is 0.0780. The minimum atomic E-state index is -3.91. The fourth-order valence-corrected chi connectivity index (χ4v) is 3.58. The lowest BCUT2D eigenvalue weighted by Gasteiger charge is -2.24.